The molecule has 1 aromatic heterocycles. The number of halogens is 4. The maximum atomic E-state index is 12.2. The van der Waals surface area contributed by atoms with Gasteiger partial charge in [-0.15, -0.1) is 13.2 Å². The monoisotopic (exact) mass is 343 g/mol. The Labute approximate surface area is 113 Å². The van der Waals surface area contributed by atoms with E-state index in [-0.39, 0.29) is 22.9 Å². The van der Waals surface area contributed by atoms with Crippen LogP contribution in [-0.2, 0) is 21.3 Å². The Bertz CT molecular complexity index is 526. The van der Waals surface area contributed by atoms with Gasteiger partial charge in [-0.3, -0.25) is 9.59 Å². The lowest BCUT2D eigenvalue weighted by molar-refractivity contribution is -0.275. The van der Waals surface area contributed by atoms with Crippen LogP contribution in [0, 0.1) is 0 Å². The number of carbonyl (C=O) groups excluding carboxylic acids is 1. The lowest BCUT2D eigenvalue weighted by atomic mass is 10.1. The van der Waals surface area contributed by atoms with E-state index in [9.17, 15) is 22.8 Å². The van der Waals surface area contributed by atoms with Crippen LogP contribution in [0.4, 0.5) is 13.2 Å². The standard InChI is InChI=1S/C10H9BrF3NO4/c1-18-7(16)2-5-4-15-9(17)8(6(5)3-11)19-10(12,13)14/h4H,2-3H2,1H3,(H,15,17). The van der Waals surface area contributed by atoms with E-state index < -0.39 is 23.6 Å². The van der Waals surface area contributed by atoms with Gasteiger partial charge in [0.05, 0.1) is 13.5 Å². The molecule has 5 nitrogen and oxygen atoms in total. The van der Waals surface area contributed by atoms with Gasteiger partial charge in [0.25, 0.3) is 5.56 Å². The van der Waals surface area contributed by atoms with Gasteiger partial charge in [-0.2, -0.15) is 0 Å². The summed E-state index contributed by atoms with van der Waals surface area (Å²) in [6, 6.07) is 0. The second-order valence-electron chi connectivity index (χ2n) is 3.39. The third kappa shape index (κ3) is 4.27. The molecule has 1 heterocycles. The zero-order chi connectivity index (χ0) is 14.6. The van der Waals surface area contributed by atoms with Crippen LogP contribution >= 0.6 is 15.9 Å². The van der Waals surface area contributed by atoms with E-state index in [0.29, 0.717) is 0 Å². The summed E-state index contributed by atoms with van der Waals surface area (Å²) in [6.45, 7) is 0. The maximum Gasteiger partial charge on any atom is 0.573 e. The molecule has 0 saturated carbocycles. The molecule has 9 heteroatoms. The molecule has 0 atom stereocenters. The predicted molar refractivity (Wildman–Crippen MR) is 62.1 cm³/mol. The molecule has 0 radical (unpaired) electrons. The minimum Gasteiger partial charge on any atom is -0.469 e. The smallest absolute Gasteiger partial charge is 0.469 e. The van der Waals surface area contributed by atoms with Crippen LogP contribution in [0.25, 0.3) is 0 Å². The number of aromatic amines is 1. The highest BCUT2D eigenvalue weighted by atomic mass is 79.9. The van der Waals surface area contributed by atoms with Crippen molar-refractivity contribution in [2.24, 2.45) is 0 Å². The fraction of sp³-hybridized carbons (Fsp3) is 0.400. The number of alkyl halides is 4. The first-order valence-electron chi connectivity index (χ1n) is 4.90. The Balaban J connectivity index is 3.25. The maximum absolute atomic E-state index is 12.2. The normalized spacial score (nSPS) is 11.2. The fourth-order valence-electron chi connectivity index (χ4n) is 1.34. The molecule has 1 aromatic rings. The summed E-state index contributed by atoms with van der Waals surface area (Å²) < 4.78 is 44.7. The summed E-state index contributed by atoms with van der Waals surface area (Å²) in [4.78, 5) is 24.6. The third-order valence-electron chi connectivity index (χ3n) is 2.16. The van der Waals surface area contributed by atoms with Gasteiger partial charge < -0.3 is 14.5 Å². The van der Waals surface area contributed by atoms with Crippen LogP contribution < -0.4 is 10.3 Å². The molecule has 1 N–H and O–H groups in total. The molecular weight excluding hydrogens is 335 g/mol. The van der Waals surface area contributed by atoms with Gasteiger partial charge in [0, 0.05) is 17.1 Å². The summed E-state index contributed by atoms with van der Waals surface area (Å²) in [6.07, 6.45) is -4.12. The second kappa shape index (κ2) is 6.09. The Morgan fingerprint density at radius 3 is 2.58 bits per heavy atom. The molecule has 0 spiro atoms. The number of nitrogens with one attached hydrogen (secondary N) is 1. The molecule has 0 aromatic carbocycles. The topological polar surface area (TPSA) is 68.4 Å². The summed E-state index contributed by atoms with van der Waals surface area (Å²) in [5, 5.41) is -0.0747. The van der Waals surface area contributed by atoms with Crippen LogP contribution in [0.2, 0.25) is 0 Å². The first-order valence-corrected chi connectivity index (χ1v) is 6.02. The predicted octanol–water partition coefficient (Wildman–Crippen LogP) is 1.88. The summed E-state index contributed by atoms with van der Waals surface area (Å²) >= 11 is 2.96. The van der Waals surface area contributed by atoms with Gasteiger partial charge >= 0.3 is 12.3 Å². The second-order valence-corrected chi connectivity index (χ2v) is 3.95. The summed E-state index contributed by atoms with van der Waals surface area (Å²) in [5.74, 6) is -1.53. The molecule has 0 aliphatic rings. The van der Waals surface area contributed by atoms with Crippen LogP contribution in [0.1, 0.15) is 11.1 Å². The van der Waals surface area contributed by atoms with E-state index in [1.807, 2.05) is 0 Å². The fourth-order valence-corrected chi connectivity index (χ4v) is 1.96. The number of hydrogen-bond acceptors (Lipinski definition) is 4. The Morgan fingerprint density at radius 2 is 2.11 bits per heavy atom. The highest BCUT2D eigenvalue weighted by Gasteiger charge is 2.34. The van der Waals surface area contributed by atoms with Crippen molar-refractivity contribution in [3.63, 3.8) is 0 Å². The molecule has 0 aliphatic heterocycles. The van der Waals surface area contributed by atoms with Crippen LogP contribution in [0.15, 0.2) is 11.0 Å². The van der Waals surface area contributed by atoms with Gasteiger partial charge in [-0.05, 0) is 5.56 Å². The van der Waals surface area contributed by atoms with E-state index in [4.69, 9.17) is 0 Å². The van der Waals surface area contributed by atoms with E-state index in [2.05, 4.69) is 30.4 Å². The van der Waals surface area contributed by atoms with Crippen LogP contribution in [-0.4, -0.2) is 24.4 Å². The lowest BCUT2D eigenvalue weighted by Crippen LogP contribution is -2.25. The van der Waals surface area contributed by atoms with Gasteiger partial charge in [0.2, 0.25) is 0 Å². The van der Waals surface area contributed by atoms with Crippen molar-refractivity contribution in [2.75, 3.05) is 7.11 Å². The van der Waals surface area contributed by atoms with Gasteiger partial charge in [-0.1, -0.05) is 15.9 Å². The van der Waals surface area contributed by atoms with Crippen LogP contribution in [0.3, 0.4) is 0 Å². The molecular formula is C10H9BrF3NO4. The Morgan fingerprint density at radius 1 is 1.47 bits per heavy atom. The molecule has 0 bridgehead atoms. The molecule has 106 valence electrons. The van der Waals surface area contributed by atoms with Crippen molar-refractivity contribution in [3.05, 3.63) is 27.7 Å². The quantitative estimate of drug-likeness (QED) is 0.669. The minimum absolute atomic E-state index is 0.0496. The van der Waals surface area contributed by atoms with E-state index >= 15 is 0 Å². The zero-order valence-corrected chi connectivity index (χ0v) is 11.2. The van der Waals surface area contributed by atoms with Gasteiger partial charge in [-0.25, -0.2) is 0 Å². The van der Waals surface area contributed by atoms with Crippen molar-refractivity contribution in [1.82, 2.24) is 4.98 Å². The number of esters is 1. The van der Waals surface area contributed by atoms with Gasteiger partial charge in [0.1, 0.15) is 0 Å². The molecule has 1 rings (SSSR count). The highest BCUT2D eigenvalue weighted by Crippen LogP contribution is 2.27. The van der Waals surface area contributed by atoms with E-state index in [1.54, 1.807) is 0 Å². The molecule has 0 saturated heterocycles. The van der Waals surface area contributed by atoms with E-state index in [1.165, 1.54) is 0 Å². The first kappa shape index (κ1) is 15.5. The first-order chi connectivity index (χ1) is 8.78. The number of ether oxygens (including phenoxy) is 2. The van der Waals surface area contributed by atoms with Crippen molar-refractivity contribution in [1.29, 1.82) is 0 Å². The zero-order valence-electron chi connectivity index (χ0n) is 9.64. The van der Waals surface area contributed by atoms with Crippen LogP contribution in [0.5, 0.6) is 5.75 Å². The van der Waals surface area contributed by atoms with Gasteiger partial charge in [0.15, 0.2) is 5.75 Å². The number of H-pyrrole nitrogens is 1. The van der Waals surface area contributed by atoms with Crippen molar-refractivity contribution in [3.8, 4) is 5.75 Å². The number of pyridine rings is 1. The van der Waals surface area contributed by atoms with Crippen molar-refractivity contribution in [2.45, 2.75) is 18.1 Å². The molecule has 0 unspecified atom stereocenters. The minimum atomic E-state index is -4.99. The van der Waals surface area contributed by atoms with Crippen molar-refractivity contribution < 1.29 is 27.4 Å². The number of aromatic nitrogens is 1. The number of carbonyl (C=O) groups is 1. The lowest BCUT2D eigenvalue weighted by Gasteiger charge is -2.13. The number of methoxy groups -OCH3 is 1. The van der Waals surface area contributed by atoms with Crippen molar-refractivity contribution >= 4 is 21.9 Å². The third-order valence-corrected chi connectivity index (χ3v) is 2.72. The average molecular weight is 344 g/mol. The molecule has 0 fully saturated rings. The Kier molecular flexibility index (Phi) is 4.98. The SMILES string of the molecule is COC(=O)Cc1c[nH]c(=O)c(OC(F)(F)F)c1CBr. The Hall–Kier alpha value is -1.51. The molecule has 0 aliphatic carbocycles. The highest BCUT2D eigenvalue weighted by molar-refractivity contribution is 9.08. The molecule has 19 heavy (non-hydrogen) atoms. The number of hydrogen-bond donors (Lipinski definition) is 1. The average Bonchev–Trinajstić information content (AvgIpc) is 2.31. The van der Waals surface area contributed by atoms with E-state index in [0.717, 1.165) is 13.3 Å². The molecule has 0 amide bonds. The number of rotatable bonds is 4. The summed E-state index contributed by atoms with van der Waals surface area (Å²) in [5.41, 5.74) is -0.894. The largest absolute Gasteiger partial charge is 0.573 e. The summed E-state index contributed by atoms with van der Waals surface area (Å²) in [7, 11) is 1.15.